The van der Waals surface area contributed by atoms with Gasteiger partial charge in [-0.3, -0.25) is 4.68 Å². The molecule has 0 unspecified atom stereocenters. The maximum absolute atomic E-state index is 6.70. The molecule has 21 heavy (non-hydrogen) atoms. The van der Waals surface area contributed by atoms with Gasteiger partial charge in [-0.05, 0) is 44.1 Å². The normalized spacial score (nSPS) is 20.8. The molecule has 1 fully saturated rings. The Balaban J connectivity index is 1.88. The van der Waals surface area contributed by atoms with Gasteiger partial charge in [0.05, 0.1) is 11.2 Å². The van der Waals surface area contributed by atoms with E-state index in [-0.39, 0.29) is 5.54 Å². The van der Waals surface area contributed by atoms with Gasteiger partial charge in [0.15, 0.2) is 0 Å². The van der Waals surface area contributed by atoms with Crippen LogP contribution in [-0.4, -0.2) is 15.3 Å². The lowest BCUT2D eigenvalue weighted by atomic mass is 9.68. The standard InChI is InChI=1S/C18H27N3/c1-4-21-16-8-6-5-7-14(16)15(20-21)13-18(19)11-9-17(2,3)10-12-18/h5-8H,4,9-13,19H2,1-3H3. The van der Waals surface area contributed by atoms with Crippen molar-refractivity contribution in [3.63, 3.8) is 0 Å². The SMILES string of the molecule is CCn1nc(CC2(N)CCC(C)(C)CC2)c2ccccc21. The van der Waals surface area contributed by atoms with E-state index in [2.05, 4.69) is 49.7 Å². The van der Waals surface area contributed by atoms with E-state index in [4.69, 9.17) is 10.8 Å². The van der Waals surface area contributed by atoms with Gasteiger partial charge in [0.2, 0.25) is 0 Å². The maximum atomic E-state index is 6.70. The highest BCUT2D eigenvalue weighted by Gasteiger charge is 2.36. The smallest absolute Gasteiger partial charge is 0.0721 e. The van der Waals surface area contributed by atoms with Gasteiger partial charge in [0.25, 0.3) is 0 Å². The highest BCUT2D eigenvalue weighted by atomic mass is 15.3. The van der Waals surface area contributed by atoms with E-state index in [0.717, 1.165) is 25.8 Å². The van der Waals surface area contributed by atoms with Crippen LogP contribution in [0.3, 0.4) is 0 Å². The first-order chi connectivity index (χ1) is 9.92. The lowest BCUT2D eigenvalue weighted by Crippen LogP contribution is -2.47. The van der Waals surface area contributed by atoms with Crippen LogP contribution in [0.4, 0.5) is 0 Å². The third kappa shape index (κ3) is 2.84. The Morgan fingerprint density at radius 2 is 1.81 bits per heavy atom. The summed E-state index contributed by atoms with van der Waals surface area (Å²) in [4.78, 5) is 0. The molecule has 0 atom stereocenters. The second-order valence-corrected chi connectivity index (χ2v) is 7.48. The summed E-state index contributed by atoms with van der Waals surface area (Å²) in [6, 6.07) is 8.52. The Hall–Kier alpha value is -1.35. The van der Waals surface area contributed by atoms with Crippen molar-refractivity contribution in [1.82, 2.24) is 9.78 Å². The summed E-state index contributed by atoms with van der Waals surface area (Å²) >= 11 is 0. The van der Waals surface area contributed by atoms with Crippen molar-refractivity contribution in [3.05, 3.63) is 30.0 Å². The largest absolute Gasteiger partial charge is 0.325 e. The molecule has 2 N–H and O–H groups in total. The van der Waals surface area contributed by atoms with Crippen LogP contribution >= 0.6 is 0 Å². The van der Waals surface area contributed by atoms with E-state index in [1.807, 2.05) is 0 Å². The van der Waals surface area contributed by atoms with Crippen LogP contribution < -0.4 is 5.73 Å². The van der Waals surface area contributed by atoms with Crippen LogP contribution in [0, 0.1) is 5.41 Å². The average Bonchev–Trinajstić information content (AvgIpc) is 2.81. The number of fused-ring (bicyclic) bond motifs is 1. The van der Waals surface area contributed by atoms with Crippen molar-refractivity contribution in [1.29, 1.82) is 0 Å². The van der Waals surface area contributed by atoms with Gasteiger partial charge >= 0.3 is 0 Å². The van der Waals surface area contributed by atoms with Gasteiger partial charge < -0.3 is 5.73 Å². The van der Waals surface area contributed by atoms with Crippen molar-refractivity contribution < 1.29 is 0 Å². The molecule has 0 spiro atoms. The van der Waals surface area contributed by atoms with Crippen LogP contribution in [0.2, 0.25) is 0 Å². The van der Waals surface area contributed by atoms with Crippen LogP contribution in [0.1, 0.15) is 52.1 Å². The first-order valence-electron chi connectivity index (χ1n) is 8.16. The van der Waals surface area contributed by atoms with Gasteiger partial charge in [-0.15, -0.1) is 0 Å². The predicted octanol–water partition coefficient (Wildman–Crippen LogP) is 3.90. The van der Waals surface area contributed by atoms with Gasteiger partial charge in [-0.25, -0.2) is 0 Å². The zero-order valence-electron chi connectivity index (χ0n) is 13.5. The minimum absolute atomic E-state index is 0.0782. The summed E-state index contributed by atoms with van der Waals surface area (Å²) in [6.45, 7) is 7.76. The van der Waals surface area contributed by atoms with Gasteiger partial charge in [0, 0.05) is 23.9 Å². The molecule has 1 aromatic carbocycles. The molecule has 0 radical (unpaired) electrons. The molecule has 1 aromatic heterocycles. The van der Waals surface area contributed by atoms with Gasteiger partial charge in [-0.2, -0.15) is 5.10 Å². The van der Waals surface area contributed by atoms with E-state index in [0.29, 0.717) is 5.41 Å². The number of aryl methyl sites for hydroxylation is 1. The molecule has 1 heterocycles. The Morgan fingerprint density at radius 3 is 2.48 bits per heavy atom. The van der Waals surface area contributed by atoms with Crippen molar-refractivity contribution >= 4 is 10.9 Å². The van der Waals surface area contributed by atoms with Crippen LogP contribution in [0.15, 0.2) is 24.3 Å². The van der Waals surface area contributed by atoms with Crippen molar-refractivity contribution in [2.75, 3.05) is 0 Å². The van der Waals surface area contributed by atoms with Crippen molar-refractivity contribution in [2.45, 2.75) is 65.0 Å². The molecular formula is C18H27N3. The van der Waals surface area contributed by atoms with Gasteiger partial charge in [0.1, 0.15) is 0 Å². The molecule has 0 amide bonds. The topological polar surface area (TPSA) is 43.8 Å². The van der Waals surface area contributed by atoms with Crippen LogP contribution in [0.5, 0.6) is 0 Å². The maximum Gasteiger partial charge on any atom is 0.0721 e. The van der Waals surface area contributed by atoms with Gasteiger partial charge in [-0.1, -0.05) is 32.0 Å². The molecule has 2 aromatic rings. The quantitative estimate of drug-likeness (QED) is 0.929. The minimum atomic E-state index is -0.0782. The fourth-order valence-corrected chi connectivity index (χ4v) is 3.50. The molecule has 114 valence electrons. The van der Waals surface area contributed by atoms with E-state index in [1.165, 1.54) is 29.4 Å². The molecule has 0 bridgehead atoms. The predicted molar refractivity (Wildman–Crippen MR) is 88.3 cm³/mol. The number of hydrogen-bond acceptors (Lipinski definition) is 2. The van der Waals surface area contributed by atoms with E-state index < -0.39 is 0 Å². The Bertz CT molecular complexity index is 629. The van der Waals surface area contributed by atoms with Crippen molar-refractivity contribution in [2.24, 2.45) is 11.1 Å². The molecule has 0 saturated heterocycles. The number of rotatable bonds is 3. The second kappa shape index (κ2) is 5.13. The lowest BCUT2D eigenvalue weighted by molar-refractivity contribution is 0.164. The highest BCUT2D eigenvalue weighted by molar-refractivity contribution is 5.82. The Kier molecular flexibility index (Phi) is 3.56. The zero-order chi connectivity index (χ0) is 15.1. The molecule has 1 aliphatic rings. The number of nitrogens with zero attached hydrogens (tertiary/aromatic N) is 2. The summed E-state index contributed by atoms with van der Waals surface area (Å²) in [5.74, 6) is 0. The Labute approximate surface area is 127 Å². The first-order valence-corrected chi connectivity index (χ1v) is 8.16. The summed E-state index contributed by atoms with van der Waals surface area (Å²) in [5, 5.41) is 6.09. The molecule has 3 nitrogen and oxygen atoms in total. The molecule has 1 aliphatic carbocycles. The number of benzene rings is 1. The summed E-state index contributed by atoms with van der Waals surface area (Å²) in [5.41, 5.74) is 9.49. The van der Waals surface area contributed by atoms with Crippen LogP contribution in [0.25, 0.3) is 10.9 Å². The molecule has 1 saturated carbocycles. The molecule has 0 aliphatic heterocycles. The fraction of sp³-hybridized carbons (Fsp3) is 0.611. The third-order valence-electron chi connectivity index (χ3n) is 5.15. The monoisotopic (exact) mass is 285 g/mol. The van der Waals surface area contributed by atoms with E-state index in [9.17, 15) is 0 Å². The zero-order valence-corrected chi connectivity index (χ0v) is 13.5. The third-order valence-corrected chi connectivity index (χ3v) is 5.15. The van der Waals surface area contributed by atoms with Crippen LogP contribution in [-0.2, 0) is 13.0 Å². The first kappa shape index (κ1) is 14.6. The fourth-order valence-electron chi connectivity index (χ4n) is 3.50. The number of aromatic nitrogens is 2. The summed E-state index contributed by atoms with van der Waals surface area (Å²) < 4.78 is 2.10. The van der Waals surface area contributed by atoms with E-state index in [1.54, 1.807) is 0 Å². The average molecular weight is 285 g/mol. The Morgan fingerprint density at radius 1 is 1.14 bits per heavy atom. The highest BCUT2D eigenvalue weighted by Crippen LogP contribution is 2.40. The number of nitrogens with two attached hydrogens (primary N) is 1. The summed E-state index contributed by atoms with van der Waals surface area (Å²) in [7, 11) is 0. The molecule has 3 rings (SSSR count). The van der Waals surface area contributed by atoms with E-state index >= 15 is 0 Å². The second-order valence-electron chi connectivity index (χ2n) is 7.48. The lowest BCUT2D eigenvalue weighted by Gasteiger charge is -2.41. The minimum Gasteiger partial charge on any atom is -0.325 e. The number of para-hydroxylation sites is 1. The molecular weight excluding hydrogens is 258 g/mol. The molecule has 3 heteroatoms. The number of hydrogen-bond donors (Lipinski definition) is 1. The summed E-state index contributed by atoms with van der Waals surface area (Å²) in [6.07, 6.45) is 5.54. The van der Waals surface area contributed by atoms with Crippen molar-refractivity contribution in [3.8, 4) is 0 Å².